The van der Waals surface area contributed by atoms with E-state index >= 15 is 0 Å². The molecule has 6 aromatic rings. The van der Waals surface area contributed by atoms with Crippen molar-refractivity contribution in [3.63, 3.8) is 0 Å². The van der Waals surface area contributed by atoms with E-state index in [1.807, 2.05) is 147 Å². The van der Waals surface area contributed by atoms with Crippen molar-refractivity contribution < 1.29 is 18.8 Å². The number of aromatic amines is 1. The number of hydrogen-bond donors (Lipinski definition) is 2. The fourth-order valence-corrected chi connectivity index (χ4v) is 8.51. The first kappa shape index (κ1) is 38.7. The molecule has 0 aliphatic carbocycles. The molecule has 4 heterocycles. The standard InChI is InChI=1S/C46H50N8O4/c1-29-20-21-33(27-35(29)50-43(55)38-19-13-25-54(38)46(57)41(52(4)5)31-16-10-7-11-17-31)44-47-28-39(58-44)32-22-23-34-36(26-32)49-42(48-34)37-18-12-24-53(37)45(56)40(51(2)3)30-14-8-6-9-15-30/h6-11,14-17,20-23,26-28,37-38,40-41H,12-13,18-19,24-25H2,1-5H3,(H,48,49)(H,50,55)/t37-,38-,40+,41+/m0/s1. The topological polar surface area (TPSA) is 131 Å². The zero-order valence-electron chi connectivity index (χ0n) is 33.7. The number of likely N-dealkylation sites (tertiary alicyclic amines) is 2. The molecule has 2 N–H and O–H groups in total. The quantitative estimate of drug-likeness (QED) is 0.139. The molecule has 8 rings (SSSR count). The third-order valence-electron chi connectivity index (χ3n) is 11.5. The second-order valence-corrected chi connectivity index (χ2v) is 15.8. The van der Waals surface area contributed by atoms with Gasteiger partial charge in [-0.25, -0.2) is 9.97 Å². The summed E-state index contributed by atoms with van der Waals surface area (Å²) in [6, 6.07) is 29.6. The summed E-state index contributed by atoms with van der Waals surface area (Å²) in [6.45, 7) is 3.15. The zero-order chi connectivity index (χ0) is 40.5. The van der Waals surface area contributed by atoms with Crippen LogP contribution in [0.1, 0.15) is 66.3 Å². The summed E-state index contributed by atoms with van der Waals surface area (Å²) >= 11 is 0. The van der Waals surface area contributed by atoms with Crippen molar-refractivity contribution in [2.45, 2.75) is 56.8 Å². The van der Waals surface area contributed by atoms with Gasteiger partial charge in [0.05, 0.1) is 23.3 Å². The first-order chi connectivity index (χ1) is 28.1. The Kier molecular flexibility index (Phi) is 11.0. The van der Waals surface area contributed by atoms with Crippen LogP contribution in [0.3, 0.4) is 0 Å². The van der Waals surface area contributed by atoms with Gasteiger partial charge in [0.15, 0.2) is 5.76 Å². The zero-order valence-corrected chi connectivity index (χ0v) is 33.7. The molecule has 2 fully saturated rings. The van der Waals surface area contributed by atoms with Gasteiger partial charge in [0.2, 0.25) is 23.6 Å². The smallest absolute Gasteiger partial charge is 0.247 e. The average molecular weight is 779 g/mol. The average Bonchev–Trinajstić information content (AvgIpc) is 4.05. The molecule has 2 saturated heterocycles. The van der Waals surface area contributed by atoms with Crippen molar-refractivity contribution in [2.75, 3.05) is 46.6 Å². The number of carbonyl (C=O) groups is 3. The number of hydrogen-bond acceptors (Lipinski definition) is 8. The van der Waals surface area contributed by atoms with Gasteiger partial charge in [0.25, 0.3) is 0 Å². The third kappa shape index (κ3) is 7.65. The molecule has 4 aromatic carbocycles. The fourth-order valence-electron chi connectivity index (χ4n) is 8.51. The first-order valence-electron chi connectivity index (χ1n) is 20.0. The van der Waals surface area contributed by atoms with Crippen LogP contribution in [0.5, 0.6) is 0 Å². The molecule has 0 spiro atoms. The normalized spacial score (nSPS) is 18.0. The van der Waals surface area contributed by atoms with Crippen LogP contribution in [0.25, 0.3) is 33.8 Å². The lowest BCUT2D eigenvalue weighted by Crippen LogP contribution is -2.47. The molecule has 12 nitrogen and oxygen atoms in total. The Bertz CT molecular complexity index is 2420. The summed E-state index contributed by atoms with van der Waals surface area (Å²) in [7, 11) is 7.66. The molecule has 4 atom stereocenters. The van der Waals surface area contributed by atoms with Gasteiger partial charge in [-0.3, -0.25) is 24.2 Å². The lowest BCUT2D eigenvalue weighted by Gasteiger charge is -2.31. The first-order valence-corrected chi connectivity index (χ1v) is 20.0. The number of benzene rings is 4. The summed E-state index contributed by atoms with van der Waals surface area (Å²) in [5.41, 5.74) is 6.59. The van der Waals surface area contributed by atoms with E-state index in [-0.39, 0.29) is 29.8 Å². The summed E-state index contributed by atoms with van der Waals surface area (Å²) in [5.74, 6) is 1.55. The monoisotopic (exact) mass is 778 g/mol. The lowest BCUT2D eigenvalue weighted by molar-refractivity contribution is -0.140. The molecule has 2 aromatic heterocycles. The Hall–Kier alpha value is -6.11. The number of aromatic nitrogens is 3. The van der Waals surface area contributed by atoms with Gasteiger partial charge < -0.3 is 24.5 Å². The molecule has 2 aliphatic rings. The number of nitrogens with one attached hydrogen (secondary N) is 2. The van der Waals surface area contributed by atoms with Gasteiger partial charge in [-0.1, -0.05) is 66.7 Å². The number of imidazole rings is 1. The van der Waals surface area contributed by atoms with Crippen LogP contribution in [0.15, 0.2) is 108 Å². The Balaban J connectivity index is 0.977. The van der Waals surface area contributed by atoms with E-state index < -0.39 is 12.1 Å². The highest BCUT2D eigenvalue weighted by Gasteiger charge is 2.39. The van der Waals surface area contributed by atoms with Crippen LogP contribution >= 0.6 is 0 Å². The molecular formula is C46H50N8O4. The van der Waals surface area contributed by atoms with E-state index in [0.717, 1.165) is 58.4 Å². The maximum absolute atomic E-state index is 14.0. The molecule has 58 heavy (non-hydrogen) atoms. The van der Waals surface area contributed by atoms with Crippen molar-refractivity contribution in [1.82, 2.24) is 34.6 Å². The maximum atomic E-state index is 14.0. The third-order valence-corrected chi connectivity index (χ3v) is 11.5. The molecular weight excluding hydrogens is 729 g/mol. The number of oxazole rings is 1. The van der Waals surface area contributed by atoms with Crippen LogP contribution in [-0.4, -0.2) is 99.6 Å². The van der Waals surface area contributed by atoms with Crippen LogP contribution in [-0.2, 0) is 14.4 Å². The predicted octanol–water partition coefficient (Wildman–Crippen LogP) is 7.39. The van der Waals surface area contributed by atoms with Crippen LogP contribution in [0.4, 0.5) is 5.69 Å². The molecule has 0 unspecified atom stereocenters. The summed E-state index contributed by atoms with van der Waals surface area (Å²) in [6.07, 6.45) is 4.79. The lowest BCUT2D eigenvalue weighted by atomic mass is 10.0. The molecule has 0 bridgehead atoms. The molecule has 0 radical (unpaired) electrons. The van der Waals surface area contributed by atoms with Gasteiger partial charge in [-0.2, -0.15) is 0 Å². The van der Waals surface area contributed by atoms with Gasteiger partial charge in [0.1, 0.15) is 23.9 Å². The van der Waals surface area contributed by atoms with Crippen LogP contribution in [0.2, 0.25) is 0 Å². The summed E-state index contributed by atoms with van der Waals surface area (Å²) < 4.78 is 6.32. The highest BCUT2D eigenvalue weighted by molar-refractivity contribution is 5.99. The van der Waals surface area contributed by atoms with E-state index in [1.165, 1.54) is 0 Å². The van der Waals surface area contributed by atoms with Crippen molar-refractivity contribution in [2.24, 2.45) is 0 Å². The summed E-state index contributed by atoms with van der Waals surface area (Å²) in [4.78, 5) is 62.4. The molecule has 2 aliphatic heterocycles. The SMILES string of the molecule is Cc1ccc(-c2ncc(-c3ccc4nc([C@@H]5CCCN5C(=O)[C@@H](c5ccccc5)N(C)C)[nH]c4c3)o2)cc1NC(=O)[C@@H]1CCCN1C(=O)[C@@H](c1ccccc1)N(C)C. The fraction of sp³-hybridized carbons (Fsp3) is 0.326. The van der Waals surface area contributed by atoms with Crippen LogP contribution in [0, 0.1) is 6.92 Å². The highest BCUT2D eigenvalue weighted by atomic mass is 16.4. The number of aryl methyl sites for hydroxylation is 1. The van der Waals surface area contributed by atoms with Gasteiger partial charge in [-0.05, 0) is 108 Å². The number of anilines is 1. The van der Waals surface area contributed by atoms with E-state index in [0.29, 0.717) is 42.4 Å². The Morgan fingerprint density at radius 2 is 1.40 bits per heavy atom. The molecule has 3 amide bonds. The number of likely N-dealkylation sites (N-methyl/N-ethyl adjacent to an activating group) is 2. The maximum Gasteiger partial charge on any atom is 0.247 e. The van der Waals surface area contributed by atoms with E-state index in [2.05, 4.69) is 15.3 Å². The Morgan fingerprint density at radius 3 is 2.07 bits per heavy atom. The number of amides is 3. The number of rotatable bonds is 11. The second-order valence-electron chi connectivity index (χ2n) is 15.8. The van der Waals surface area contributed by atoms with E-state index in [1.54, 1.807) is 11.1 Å². The van der Waals surface area contributed by atoms with Crippen molar-refractivity contribution >= 4 is 34.4 Å². The Morgan fingerprint density at radius 1 is 0.776 bits per heavy atom. The highest BCUT2D eigenvalue weighted by Crippen LogP contribution is 2.36. The summed E-state index contributed by atoms with van der Waals surface area (Å²) in [5, 5.41) is 3.12. The molecule has 0 saturated carbocycles. The van der Waals surface area contributed by atoms with Crippen LogP contribution < -0.4 is 5.32 Å². The van der Waals surface area contributed by atoms with E-state index in [9.17, 15) is 14.4 Å². The van der Waals surface area contributed by atoms with Crippen molar-refractivity contribution in [3.8, 4) is 22.8 Å². The minimum absolute atomic E-state index is 0.0699. The van der Waals surface area contributed by atoms with Gasteiger partial charge in [0, 0.05) is 29.9 Å². The minimum Gasteiger partial charge on any atom is -0.436 e. The van der Waals surface area contributed by atoms with Crippen molar-refractivity contribution in [3.05, 3.63) is 126 Å². The molecule has 12 heteroatoms. The van der Waals surface area contributed by atoms with Gasteiger partial charge in [-0.15, -0.1) is 0 Å². The molecule has 298 valence electrons. The number of nitrogens with zero attached hydrogens (tertiary/aromatic N) is 6. The Labute approximate surface area is 338 Å². The second kappa shape index (κ2) is 16.4. The van der Waals surface area contributed by atoms with Gasteiger partial charge >= 0.3 is 0 Å². The number of H-pyrrole nitrogens is 1. The van der Waals surface area contributed by atoms with E-state index in [4.69, 9.17) is 9.40 Å². The predicted molar refractivity (Wildman–Crippen MR) is 225 cm³/mol. The largest absolute Gasteiger partial charge is 0.436 e. The minimum atomic E-state index is -0.575. The number of fused-ring (bicyclic) bond motifs is 1. The number of carbonyl (C=O) groups excluding carboxylic acids is 3. The van der Waals surface area contributed by atoms with Crippen molar-refractivity contribution in [1.29, 1.82) is 0 Å².